The van der Waals surface area contributed by atoms with Gasteiger partial charge in [-0.05, 0) is 25.0 Å². The number of allylic oxidation sites excluding steroid dienone is 1. The summed E-state index contributed by atoms with van der Waals surface area (Å²) in [6.07, 6.45) is 7.19. The number of hydrogen-bond donors (Lipinski definition) is 0. The third kappa shape index (κ3) is 2.03. The Morgan fingerprint density at radius 2 is 2.25 bits per heavy atom. The van der Waals surface area contributed by atoms with Crippen molar-refractivity contribution in [2.45, 2.75) is 19.4 Å². The van der Waals surface area contributed by atoms with Gasteiger partial charge in [0.2, 0.25) is 0 Å². The average molecular weight is 214 g/mol. The number of pyridine rings is 2. The summed E-state index contributed by atoms with van der Waals surface area (Å²) < 4.78 is 1.77. The second-order valence-corrected chi connectivity index (χ2v) is 3.69. The third-order valence-electron chi connectivity index (χ3n) is 2.59. The van der Waals surface area contributed by atoms with E-state index < -0.39 is 0 Å². The Bertz CT molecular complexity index is 557. The predicted molar refractivity (Wildman–Crippen MR) is 65.4 cm³/mol. The van der Waals surface area contributed by atoms with Gasteiger partial charge < -0.3 is 4.57 Å². The van der Waals surface area contributed by atoms with Gasteiger partial charge in [-0.2, -0.15) is 0 Å². The molecule has 0 saturated heterocycles. The fourth-order valence-electron chi connectivity index (χ4n) is 1.76. The van der Waals surface area contributed by atoms with E-state index in [2.05, 4.69) is 11.6 Å². The lowest BCUT2D eigenvalue weighted by atomic mass is 10.2. The van der Waals surface area contributed by atoms with Gasteiger partial charge in [0.25, 0.3) is 5.56 Å². The highest BCUT2D eigenvalue weighted by Gasteiger charge is 2.01. The van der Waals surface area contributed by atoms with Crippen LogP contribution in [0.15, 0.2) is 48.0 Å². The third-order valence-corrected chi connectivity index (χ3v) is 2.59. The van der Waals surface area contributed by atoms with Gasteiger partial charge in [0.1, 0.15) is 0 Å². The van der Waals surface area contributed by atoms with Crippen molar-refractivity contribution >= 4 is 10.9 Å². The molecular formula is C13H14N2O. The predicted octanol–water partition coefficient (Wildman–Crippen LogP) is 2.36. The van der Waals surface area contributed by atoms with Crippen LogP contribution in [0.5, 0.6) is 0 Å². The molecule has 0 N–H and O–H groups in total. The van der Waals surface area contributed by atoms with Crippen molar-refractivity contribution in [3.05, 3.63) is 53.6 Å². The maximum absolute atomic E-state index is 11.7. The number of fused-ring (bicyclic) bond motifs is 1. The fraction of sp³-hybridized carbons (Fsp3) is 0.231. The minimum absolute atomic E-state index is 0.0320. The molecular weight excluding hydrogens is 200 g/mol. The summed E-state index contributed by atoms with van der Waals surface area (Å²) in [6, 6.07) is 5.36. The maximum atomic E-state index is 11.7. The van der Waals surface area contributed by atoms with Crippen LogP contribution in [0.4, 0.5) is 0 Å². The molecule has 3 heteroatoms. The molecule has 0 unspecified atom stereocenters. The summed E-state index contributed by atoms with van der Waals surface area (Å²) >= 11 is 0. The van der Waals surface area contributed by atoms with Crippen LogP contribution in [-0.2, 0) is 6.54 Å². The quantitative estimate of drug-likeness (QED) is 0.578. The summed E-state index contributed by atoms with van der Waals surface area (Å²) in [4.78, 5) is 15.8. The first-order valence-corrected chi connectivity index (χ1v) is 5.37. The molecule has 0 spiro atoms. The van der Waals surface area contributed by atoms with E-state index in [4.69, 9.17) is 0 Å². The maximum Gasteiger partial charge on any atom is 0.251 e. The smallest absolute Gasteiger partial charge is 0.251 e. The van der Waals surface area contributed by atoms with Crippen LogP contribution in [0, 0.1) is 0 Å². The highest BCUT2D eigenvalue weighted by atomic mass is 16.1. The molecule has 0 radical (unpaired) electrons. The van der Waals surface area contributed by atoms with Crippen molar-refractivity contribution in [3.63, 3.8) is 0 Å². The van der Waals surface area contributed by atoms with Crippen LogP contribution < -0.4 is 5.56 Å². The van der Waals surface area contributed by atoms with Crippen LogP contribution >= 0.6 is 0 Å². The minimum atomic E-state index is 0.0320. The number of rotatable bonds is 4. The normalized spacial score (nSPS) is 10.5. The van der Waals surface area contributed by atoms with E-state index in [-0.39, 0.29) is 5.56 Å². The molecule has 0 amide bonds. The number of nitrogens with zero attached hydrogens (tertiary/aromatic N) is 2. The van der Waals surface area contributed by atoms with E-state index >= 15 is 0 Å². The Kier molecular flexibility index (Phi) is 3.15. The van der Waals surface area contributed by atoms with E-state index in [1.807, 2.05) is 18.2 Å². The zero-order valence-corrected chi connectivity index (χ0v) is 9.10. The van der Waals surface area contributed by atoms with Gasteiger partial charge in [0.05, 0.1) is 11.7 Å². The second kappa shape index (κ2) is 4.75. The first kappa shape index (κ1) is 10.6. The van der Waals surface area contributed by atoms with E-state index in [1.54, 1.807) is 23.0 Å². The summed E-state index contributed by atoms with van der Waals surface area (Å²) in [7, 11) is 0. The molecule has 3 nitrogen and oxygen atoms in total. The summed E-state index contributed by atoms with van der Waals surface area (Å²) in [6.45, 7) is 4.39. The van der Waals surface area contributed by atoms with Gasteiger partial charge in [-0.25, -0.2) is 0 Å². The van der Waals surface area contributed by atoms with Gasteiger partial charge in [-0.1, -0.05) is 6.08 Å². The van der Waals surface area contributed by atoms with Crippen LogP contribution in [-0.4, -0.2) is 9.55 Å². The molecule has 2 aromatic rings. The first-order valence-electron chi connectivity index (χ1n) is 5.37. The fourth-order valence-corrected chi connectivity index (χ4v) is 1.76. The molecule has 16 heavy (non-hydrogen) atoms. The van der Waals surface area contributed by atoms with Gasteiger partial charge in [0, 0.05) is 24.2 Å². The van der Waals surface area contributed by atoms with E-state index in [0.717, 1.165) is 23.7 Å². The van der Waals surface area contributed by atoms with Crippen molar-refractivity contribution in [3.8, 4) is 0 Å². The van der Waals surface area contributed by atoms with Crippen LogP contribution in [0.25, 0.3) is 10.9 Å². The largest absolute Gasteiger partial charge is 0.307 e. The Balaban J connectivity index is 2.44. The summed E-state index contributed by atoms with van der Waals surface area (Å²) in [5.74, 6) is 0. The monoisotopic (exact) mass is 214 g/mol. The lowest BCUT2D eigenvalue weighted by molar-refractivity contribution is 0.649. The lowest BCUT2D eigenvalue weighted by Crippen LogP contribution is -2.19. The summed E-state index contributed by atoms with van der Waals surface area (Å²) in [5, 5.41) is 1.05. The number of unbranched alkanes of at least 4 members (excludes halogenated alkanes) is 1. The molecule has 0 fully saturated rings. The average Bonchev–Trinajstić information content (AvgIpc) is 2.32. The van der Waals surface area contributed by atoms with Crippen LogP contribution in [0.1, 0.15) is 12.8 Å². The van der Waals surface area contributed by atoms with Gasteiger partial charge in [-0.3, -0.25) is 9.78 Å². The standard InChI is InChI=1S/C13H14N2O/c1-2-3-4-9-15-12-10-14-8-7-11(12)5-6-13(15)16/h2,5-8,10H,1,3-4,9H2. The Hall–Kier alpha value is -1.90. The van der Waals surface area contributed by atoms with Crippen molar-refractivity contribution in [1.29, 1.82) is 0 Å². The van der Waals surface area contributed by atoms with Crippen molar-refractivity contribution < 1.29 is 0 Å². The van der Waals surface area contributed by atoms with Crippen LogP contribution in [0.2, 0.25) is 0 Å². The summed E-state index contributed by atoms with van der Waals surface area (Å²) in [5.41, 5.74) is 0.934. The van der Waals surface area contributed by atoms with Gasteiger partial charge in [0.15, 0.2) is 0 Å². The molecule has 2 heterocycles. The molecule has 0 saturated carbocycles. The Morgan fingerprint density at radius 1 is 1.38 bits per heavy atom. The van der Waals surface area contributed by atoms with Crippen molar-refractivity contribution in [2.75, 3.05) is 0 Å². The van der Waals surface area contributed by atoms with Crippen molar-refractivity contribution in [1.82, 2.24) is 9.55 Å². The van der Waals surface area contributed by atoms with Gasteiger partial charge >= 0.3 is 0 Å². The Morgan fingerprint density at radius 3 is 3.06 bits per heavy atom. The van der Waals surface area contributed by atoms with E-state index in [1.165, 1.54) is 0 Å². The number of aryl methyl sites for hydroxylation is 1. The molecule has 0 aliphatic carbocycles. The van der Waals surface area contributed by atoms with Gasteiger partial charge in [-0.15, -0.1) is 6.58 Å². The molecule has 0 aliphatic heterocycles. The molecule has 0 aromatic carbocycles. The molecule has 2 rings (SSSR count). The topological polar surface area (TPSA) is 34.9 Å². The number of hydrogen-bond acceptors (Lipinski definition) is 2. The molecule has 82 valence electrons. The highest BCUT2D eigenvalue weighted by Crippen LogP contribution is 2.10. The van der Waals surface area contributed by atoms with Crippen molar-refractivity contribution in [2.24, 2.45) is 0 Å². The van der Waals surface area contributed by atoms with Crippen LogP contribution in [0.3, 0.4) is 0 Å². The zero-order valence-electron chi connectivity index (χ0n) is 9.10. The molecule has 0 atom stereocenters. The second-order valence-electron chi connectivity index (χ2n) is 3.69. The first-order chi connectivity index (χ1) is 7.83. The SMILES string of the molecule is C=CCCCn1c(=O)ccc2ccncc21. The Labute approximate surface area is 94.1 Å². The van der Waals surface area contributed by atoms with E-state index in [9.17, 15) is 4.79 Å². The van der Waals surface area contributed by atoms with E-state index in [0.29, 0.717) is 6.54 Å². The lowest BCUT2D eigenvalue weighted by Gasteiger charge is -2.08. The zero-order chi connectivity index (χ0) is 11.4. The molecule has 2 aromatic heterocycles. The number of aromatic nitrogens is 2. The highest BCUT2D eigenvalue weighted by molar-refractivity contribution is 5.77. The molecule has 0 aliphatic rings. The minimum Gasteiger partial charge on any atom is -0.307 e. The molecule has 0 bridgehead atoms.